The summed E-state index contributed by atoms with van der Waals surface area (Å²) in [5.41, 5.74) is 3.07. The van der Waals surface area contributed by atoms with Crippen molar-refractivity contribution in [1.82, 2.24) is 28.8 Å². The molecular weight excluding hydrogens is 398 g/mol. The Labute approximate surface area is 179 Å². The number of nitrogens with zero attached hydrogens (tertiary/aromatic N) is 8. The number of nitrogens with one attached hydrogen (secondary N) is 1. The lowest BCUT2D eigenvalue weighted by Crippen LogP contribution is -2.71. The average molecular weight is 422 g/mol. The number of anilines is 3. The van der Waals surface area contributed by atoms with Crippen LogP contribution in [-0.4, -0.2) is 54.0 Å². The van der Waals surface area contributed by atoms with Crippen molar-refractivity contribution in [3.8, 4) is 6.07 Å². The molecule has 9 nitrogen and oxygen atoms in total. The molecule has 3 aromatic rings. The summed E-state index contributed by atoms with van der Waals surface area (Å²) < 4.78 is 6.48. The second-order valence-corrected chi connectivity index (χ2v) is 8.88. The van der Waals surface area contributed by atoms with Crippen molar-refractivity contribution in [2.75, 3.05) is 29.9 Å². The van der Waals surface area contributed by atoms with Gasteiger partial charge in [0.2, 0.25) is 5.95 Å². The predicted octanol–water partition coefficient (Wildman–Crippen LogP) is 2.48. The van der Waals surface area contributed by atoms with Crippen molar-refractivity contribution in [2.24, 2.45) is 0 Å². The lowest BCUT2D eigenvalue weighted by atomic mass is 9.83. The lowest BCUT2D eigenvalue weighted by Gasteiger charge is -2.56. The molecule has 2 aliphatic rings. The molecule has 3 aromatic heterocycles. The van der Waals surface area contributed by atoms with Crippen LogP contribution in [0, 0.1) is 25.2 Å². The van der Waals surface area contributed by atoms with Crippen LogP contribution in [0.4, 0.5) is 16.8 Å². The van der Waals surface area contributed by atoms with Crippen LogP contribution in [0.15, 0.2) is 24.8 Å². The van der Waals surface area contributed by atoms with E-state index in [0.717, 1.165) is 54.8 Å². The van der Waals surface area contributed by atoms with Crippen LogP contribution in [0.25, 0.3) is 0 Å². The van der Waals surface area contributed by atoms with E-state index in [1.807, 2.05) is 38.6 Å². The van der Waals surface area contributed by atoms with Gasteiger partial charge in [0.05, 0.1) is 35.7 Å². The molecule has 30 heavy (non-hydrogen) atoms. The van der Waals surface area contributed by atoms with Crippen LogP contribution >= 0.6 is 11.5 Å². The normalized spacial score (nSPS) is 17.8. The van der Waals surface area contributed by atoms with E-state index in [1.54, 1.807) is 0 Å². The summed E-state index contributed by atoms with van der Waals surface area (Å²) >= 11 is 1.40. The highest BCUT2D eigenvalue weighted by atomic mass is 32.1. The maximum atomic E-state index is 9.52. The quantitative estimate of drug-likeness (QED) is 0.671. The molecule has 0 aliphatic carbocycles. The first-order valence-electron chi connectivity index (χ1n) is 9.96. The monoisotopic (exact) mass is 421 g/mol. The van der Waals surface area contributed by atoms with Gasteiger partial charge in [-0.15, -0.1) is 0 Å². The molecule has 1 saturated heterocycles. The maximum absolute atomic E-state index is 9.52. The number of hydrogen-bond donors (Lipinski definition) is 1. The van der Waals surface area contributed by atoms with Crippen LogP contribution in [0.3, 0.4) is 0 Å². The molecule has 1 N–H and O–H groups in total. The summed E-state index contributed by atoms with van der Waals surface area (Å²) in [6.07, 6.45) is 6.17. The Morgan fingerprint density at radius 1 is 1.27 bits per heavy atom. The van der Waals surface area contributed by atoms with E-state index < -0.39 is 0 Å². The molecule has 0 aromatic carbocycles. The van der Waals surface area contributed by atoms with Crippen LogP contribution in [0.1, 0.15) is 23.4 Å². The summed E-state index contributed by atoms with van der Waals surface area (Å²) in [7, 11) is 0. The number of rotatable bonds is 5. The Bertz CT molecular complexity index is 1110. The number of hydrogen-bond acceptors (Lipinski definition) is 9. The first kappa shape index (κ1) is 19.0. The Balaban J connectivity index is 1.34. The fourth-order valence-corrected chi connectivity index (χ4v) is 4.98. The largest absolute Gasteiger partial charge is 0.352 e. The molecule has 10 heteroatoms. The number of aromatic nitrogens is 5. The smallest absolute Gasteiger partial charge is 0.229 e. The zero-order valence-electron chi connectivity index (χ0n) is 17.0. The summed E-state index contributed by atoms with van der Waals surface area (Å²) in [5, 5.41) is 13.7. The molecule has 0 bridgehead atoms. The third-order valence-corrected chi connectivity index (χ3v) is 6.71. The van der Waals surface area contributed by atoms with Crippen LogP contribution < -0.4 is 10.2 Å². The van der Waals surface area contributed by atoms with E-state index in [1.165, 1.54) is 17.2 Å². The van der Waals surface area contributed by atoms with Crippen LogP contribution in [0.5, 0.6) is 0 Å². The first-order valence-corrected chi connectivity index (χ1v) is 10.7. The van der Waals surface area contributed by atoms with Crippen molar-refractivity contribution >= 4 is 28.3 Å². The highest BCUT2D eigenvalue weighted by molar-refractivity contribution is 7.10. The molecule has 1 fully saturated rings. The predicted molar refractivity (Wildman–Crippen MR) is 115 cm³/mol. The highest BCUT2D eigenvalue weighted by Gasteiger charge is 2.49. The lowest BCUT2D eigenvalue weighted by molar-refractivity contribution is 0.0369. The van der Waals surface area contributed by atoms with Gasteiger partial charge in [-0.3, -0.25) is 4.90 Å². The van der Waals surface area contributed by atoms with Crippen molar-refractivity contribution in [3.05, 3.63) is 41.7 Å². The minimum Gasteiger partial charge on any atom is -0.352 e. The molecule has 0 spiro atoms. The second kappa shape index (κ2) is 7.34. The molecule has 0 unspecified atom stereocenters. The molecule has 0 radical (unpaired) electrons. The molecule has 154 valence electrons. The first-order chi connectivity index (χ1) is 14.6. The number of fused-ring (bicyclic) bond motifs is 1. The van der Waals surface area contributed by atoms with Gasteiger partial charge in [-0.05, 0) is 31.4 Å². The Hall–Kier alpha value is -3.03. The van der Waals surface area contributed by atoms with Gasteiger partial charge >= 0.3 is 0 Å². The molecule has 0 saturated carbocycles. The van der Waals surface area contributed by atoms with Gasteiger partial charge in [-0.2, -0.15) is 14.6 Å². The SMILES string of the molecule is Cc1cc(Nc2ncc(C)c(N3CC(CC#N)(N4CCn5cncc5C4)C3)n2)sn1. The topological polar surface area (TPSA) is 98.8 Å². The van der Waals surface area contributed by atoms with Gasteiger partial charge in [0, 0.05) is 50.7 Å². The van der Waals surface area contributed by atoms with Crippen LogP contribution in [-0.2, 0) is 13.1 Å². The molecule has 2 aliphatic heterocycles. The van der Waals surface area contributed by atoms with Gasteiger partial charge in [-0.25, -0.2) is 9.97 Å². The Morgan fingerprint density at radius 3 is 2.90 bits per heavy atom. The van der Waals surface area contributed by atoms with E-state index >= 15 is 0 Å². The summed E-state index contributed by atoms with van der Waals surface area (Å²) in [6, 6.07) is 4.40. The minimum absolute atomic E-state index is 0.149. The van der Waals surface area contributed by atoms with E-state index in [4.69, 9.17) is 4.98 Å². The molecule has 5 rings (SSSR count). The zero-order valence-corrected chi connectivity index (χ0v) is 17.9. The summed E-state index contributed by atoms with van der Waals surface area (Å²) in [4.78, 5) is 18.1. The minimum atomic E-state index is -0.149. The van der Waals surface area contributed by atoms with E-state index in [0.29, 0.717) is 12.4 Å². The Morgan fingerprint density at radius 2 is 2.13 bits per heavy atom. The van der Waals surface area contributed by atoms with Crippen molar-refractivity contribution in [1.29, 1.82) is 5.26 Å². The second-order valence-electron chi connectivity index (χ2n) is 8.07. The highest BCUT2D eigenvalue weighted by Crippen LogP contribution is 2.37. The van der Waals surface area contributed by atoms with E-state index in [2.05, 4.69) is 40.1 Å². The molecular formula is C20H23N9S. The summed E-state index contributed by atoms with van der Waals surface area (Å²) in [6.45, 7) is 8.23. The number of nitriles is 1. The third kappa shape index (κ3) is 3.30. The number of imidazole rings is 1. The fourth-order valence-electron chi connectivity index (χ4n) is 4.32. The molecule has 5 heterocycles. The summed E-state index contributed by atoms with van der Waals surface area (Å²) in [5.74, 6) is 1.49. The van der Waals surface area contributed by atoms with Crippen LogP contribution in [0.2, 0.25) is 0 Å². The van der Waals surface area contributed by atoms with E-state index in [-0.39, 0.29) is 5.54 Å². The van der Waals surface area contributed by atoms with Crippen molar-refractivity contribution in [2.45, 2.75) is 38.9 Å². The average Bonchev–Trinajstić information content (AvgIpc) is 3.34. The molecule has 0 atom stereocenters. The van der Waals surface area contributed by atoms with Crippen molar-refractivity contribution < 1.29 is 0 Å². The van der Waals surface area contributed by atoms with Gasteiger partial charge in [0.15, 0.2) is 0 Å². The van der Waals surface area contributed by atoms with E-state index in [9.17, 15) is 5.26 Å². The maximum Gasteiger partial charge on any atom is 0.229 e. The zero-order chi connectivity index (χ0) is 20.7. The molecule has 0 amide bonds. The third-order valence-electron chi connectivity index (χ3n) is 5.92. The van der Waals surface area contributed by atoms with Gasteiger partial charge in [0.25, 0.3) is 0 Å². The van der Waals surface area contributed by atoms with Gasteiger partial charge in [-0.1, -0.05) is 0 Å². The standard InChI is InChI=1S/C20H23N9S/c1-14-8-23-19(24-17-7-15(2)26-30-17)25-18(14)28-11-20(12-28,3-4-21)29-6-5-27-13-22-9-16(27)10-29/h7-9,13H,3,5-6,10-12H2,1-2H3,(H,23,24,25). The fraction of sp³-hybridized carbons (Fsp3) is 0.450. The number of aryl methyl sites for hydroxylation is 2. The van der Waals surface area contributed by atoms with Crippen molar-refractivity contribution in [3.63, 3.8) is 0 Å². The van der Waals surface area contributed by atoms with Gasteiger partial charge < -0.3 is 14.8 Å². The Kier molecular flexibility index (Phi) is 4.64. The van der Waals surface area contributed by atoms with Gasteiger partial charge in [0.1, 0.15) is 10.8 Å².